The van der Waals surface area contributed by atoms with Crippen LogP contribution in [0.5, 0.6) is 0 Å². The Morgan fingerprint density at radius 2 is 2.11 bits per heavy atom. The normalized spacial score (nSPS) is 11.6. The summed E-state index contributed by atoms with van der Waals surface area (Å²) < 4.78 is 37.4. The second-order valence-electron chi connectivity index (χ2n) is 3.37. The van der Waals surface area contributed by atoms with Crippen LogP contribution in [-0.4, -0.2) is 20.2 Å². The molecule has 2 aromatic heterocycles. The summed E-state index contributed by atoms with van der Waals surface area (Å²) in [6, 6.07) is 0.798. The quantitative estimate of drug-likeness (QED) is 0.846. The Balaban J connectivity index is 2.15. The van der Waals surface area contributed by atoms with Crippen molar-refractivity contribution in [1.82, 2.24) is 20.2 Å². The first-order valence-electron chi connectivity index (χ1n) is 4.78. The van der Waals surface area contributed by atoms with Crippen molar-refractivity contribution in [2.45, 2.75) is 12.7 Å². The fourth-order valence-electron chi connectivity index (χ4n) is 1.22. The van der Waals surface area contributed by atoms with Gasteiger partial charge in [0.25, 0.3) is 0 Å². The van der Waals surface area contributed by atoms with E-state index in [-0.39, 0.29) is 12.4 Å². The van der Waals surface area contributed by atoms with E-state index in [1.165, 1.54) is 0 Å². The van der Waals surface area contributed by atoms with Crippen molar-refractivity contribution in [3.63, 3.8) is 0 Å². The maximum Gasteiger partial charge on any atom is 0.433 e. The maximum absolute atomic E-state index is 12.5. The Labute approximate surface area is 104 Å². The summed E-state index contributed by atoms with van der Waals surface area (Å²) in [5.41, 5.74) is -0.310. The van der Waals surface area contributed by atoms with Gasteiger partial charge < -0.3 is 5.32 Å². The van der Waals surface area contributed by atoms with E-state index in [0.29, 0.717) is 0 Å². The molecule has 96 valence electrons. The topological polar surface area (TPSA) is 66.5 Å². The van der Waals surface area contributed by atoms with Crippen LogP contribution in [0.25, 0.3) is 0 Å². The van der Waals surface area contributed by atoms with Crippen LogP contribution in [-0.2, 0) is 12.7 Å². The Hall–Kier alpha value is -1.83. The molecular formula is C9H7ClF3N5. The molecule has 0 aromatic carbocycles. The van der Waals surface area contributed by atoms with Gasteiger partial charge in [0, 0.05) is 24.4 Å². The molecule has 9 heteroatoms. The van der Waals surface area contributed by atoms with Gasteiger partial charge in [-0.15, -0.1) is 0 Å². The van der Waals surface area contributed by atoms with Crippen LogP contribution in [0.15, 0.2) is 18.5 Å². The minimum Gasteiger partial charge on any atom is -0.366 e. The molecule has 0 aliphatic heterocycles. The lowest BCUT2D eigenvalue weighted by Crippen LogP contribution is -2.11. The molecule has 0 unspecified atom stereocenters. The van der Waals surface area contributed by atoms with Crippen LogP contribution in [0.4, 0.5) is 19.0 Å². The Morgan fingerprint density at radius 1 is 1.33 bits per heavy atom. The third-order valence-corrected chi connectivity index (χ3v) is 2.19. The van der Waals surface area contributed by atoms with Gasteiger partial charge in [-0.3, -0.25) is 5.10 Å². The minimum absolute atomic E-state index is 0.00326. The molecule has 0 amide bonds. The van der Waals surface area contributed by atoms with Gasteiger partial charge in [-0.25, -0.2) is 9.97 Å². The summed E-state index contributed by atoms with van der Waals surface area (Å²) in [5, 5.41) is 8.54. The number of hydrogen-bond donors (Lipinski definition) is 2. The summed E-state index contributed by atoms with van der Waals surface area (Å²) in [6.07, 6.45) is -1.40. The van der Waals surface area contributed by atoms with Crippen molar-refractivity contribution in [2.75, 3.05) is 5.32 Å². The summed E-state index contributed by atoms with van der Waals surface area (Å²) in [6.45, 7) is 0.279. The highest BCUT2D eigenvalue weighted by Gasteiger charge is 2.33. The van der Waals surface area contributed by atoms with E-state index in [2.05, 4.69) is 25.5 Å². The molecule has 0 spiro atoms. The minimum atomic E-state index is -4.56. The number of alkyl halides is 3. The number of H-pyrrole nitrogens is 1. The molecule has 0 aliphatic rings. The Kier molecular flexibility index (Phi) is 3.37. The molecule has 2 rings (SSSR count). The summed E-state index contributed by atoms with van der Waals surface area (Å²) in [7, 11) is 0. The third-order valence-electron chi connectivity index (χ3n) is 2.02. The van der Waals surface area contributed by atoms with Gasteiger partial charge in [0.1, 0.15) is 5.82 Å². The molecule has 2 N–H and O–H groups in total. The van der Waals surface area contributed by atoms with E-state index in [1.54, 1.807) is 12.4 Å². The summed E-state index contributed by atoms with van der Waals surface area (Å²) in [4.78, 5) is 6.78. The average molecular weight is 278 g/mol. The number of aromatic amines is 1. The number of anilines is 1. The second-order valence-corrected chi connectivity index (χ2v) is 3.70. The van der Waals surface area contributed by atoms with Crippen LogP contribution >= 0.6 is 11.6 Å². The first-order chi connectivity index (χ1) is 8.45. The lowest BCUT2D eigenvalue weighted by molar-refractivity contribution is -0.141. The molecule has 0 bridgehead atoms. The van der Waals surface area contributed by atoms with Crippen LogP contribution in [0.2, 0.25) is 5.28 Å². The molecule has 5 nitrogen and oxygen atoms in total. The lowest BCUT2D eigenvalue weighted by atomic mass is 10.3. The van der Waals surface area contributed by atoms with E-state index in [4.69, 9.17) is 11.6 Å². The molecule has 0 saturated heterocycles. The predicted octanol–water partition coefficient (Wildman–Crippen LogP) is 2.48. The van der Waals surface area contributed by atoms with Gasteiger partial charge in [-0.05, 0) is 11.6 Å². The first-order valence-corrected chi connectivity index (χ1v) is 5.16. The van der Waals surface area contributed by atoms with E-state index in [9.17, 15) is 13.2 Å². The van der Waals surface area contributed by atoms with Gasteiger partial charge in [-0.1, -0.05) is 0 Å². The van der Waals surface area contributed by atoms with Crippen molar-refractivity contribution in [3.05, 3.63) is 35.0 Å². The zero-order valence-corrected chi connectivity index (χ0v) is 9.55. The second kappa shape index (κ2) is 4.81. The number of nitrogens with one attached hydrogen (secondary N) is 2. The number of halogens is 4. The highest BCUT2D eigenvalue weighted by Crippen LogP contribution is 2.29. The lowest BCUT2D eigenvalue weighted by Gasteiger charge is -2.09. The smallest absolute Gasteiger partial charge is 0.366 e. The standard InChI is InChI=1S/C9H7ClF3N5/c10-8-17-6(9(11,12)13)1-7(18-8)14-2-5-3-15-16-4-5/h1,3-4H,2H2,(H,15,16)(H,14,17,18). The maximum atomic E-state index is 12.5. The average Bonchev–Trinajstić information content (AvgIpc) is 2.77. The molecule has 2 aromatic rings. The van der Waals surface area contributed by atoms with Crippen LogP contribution in [0, 0.1) is 0 Å². The van der Waals surface area contributed by atoms with Crippen LogP contribution in [0.3, 0.4) is 0 Å². The van der Waals surface area contributed by atoms with Crippen molar-refractivity contribution in [3.8, 4) is 0 Å². The summed E-state index contributed by atoms with van der Waals surface area (Å²) >= 11 is 5.44. The van der Waals surface area contributed by atoms with Crippen molar-refractivity contribution in [1.29, 1.82) is 0 Å². The highest BCUT2D eigenvalue weighted by molar-refractivity contribution is 6.28. The summed E-state index contributed by atoms with van der Waals surface area (Å²) in [5.74, 6) is 0.00326. The molecule has 0 atom stereocenters. The van der Waals surface area contributed by atoms with E-state index in [1.807, 2.05) is 0 Å². The van der Waals surface area contributed by atoms with Gasteiger partial charge >= 0.3 is 6.18 Å². The fourth-order valence-corrected chi connectivity index (χ4v) is 1.40. The number of aromatic nitrogens is 4. The SMILES string of the molecule is FC(F)(F)c1cc(NCc2cn[nH]c2)nc(Cl)n1. The van der Waals surface area contributed by atoms with E-state index in [0.717, 1.165) is 11.6 Å². The van der Waals surface area contributed by atoms with Gasteiger partial charge in [0.2, 0.25) is 5.28 Å². The largest absolute Gasteiger partial charge is 0.433 e. The number of nitrogens with zero attached hydrogens (tertiary/aromatic N) is 3. The molecule has 0 saturated carbocycles. The number of rotatable bonds is 3. The predicted molar refractivity (Wildman–Crippen MR) is 58.0 cm³/mol. The molecule has 2 heterocycles. The fraction of sp³-hybridized carbons (Fsp3) is 0.222. The van der Waals surface area contributed by atoms with Crippen molar-refractivity contribution >= 4 is 17.4 Å². The number of hydrogen-bond acceptors (Lipinski definition) is 4. The van der Waals surface area contributed by atoms with E-state index >= 15 is 0 Å². The molecule has 18 heavy (non-hydrogen) atoms. The monoisotopic (exact) mass is 277 g/mol. The van der Waals surface area contributed by atoms with Crippen LogP contribution in [0.1, 0.15) is 11.3 Å². The van der Waals surface area contributed by atoms with Crippen molar-refractivity contribution < 1.29 is 13.2 Å². The Morgan fingerprint density at radius 3 is 2.72 bits per heavy atom. The molecular weight excluding hydrogens is 271 g/mol. The van der Waals surface area contributed by atoms with Gasteiger partial charge in [0.05, 0.1) is 6.20 Å². The highest BCUT2D eigenvalue weighted by atomic mass is 35.5. The van der Waals surface area contributed by atoms with Gasteiger partial charge in [0.15, 0.2) is 5.69 Å². The third kappa shape index (κ3) is 3.10. The van der Waals surface area contributed by atoms with Crippen LogP contribution < -0.4 is 5.32 Å². The zero-order valence-electron chi connectivity index (χ0n) is 8.79. The van der Waals surface area contributed by atoms with Gasteiger partial charge in [-0.2, -0.15) is 18.3 Å². The molecule has 0 radical (unpaired) electrons. The molecule has 0 aliphatic carbocycles. The molecule has 0 fully saturated rings. The first kappa shape index (κ1) is 12.6. The Bertz CT molecular complexity index is 525. The van der Waals surface area contributed by atoms with Crippen molar-refractivity contribution in [2.24, 2.45) is 0 Å². The zero-order chi connectivity index (χ0) is 13.2. The van der Waals surface area contributed by atoms with E-state index < -0.39 is 17.2 Å².